The average molecular weight is 293 g/mol. The van der Waals surface area contributed by atoms with E-state index in [0.29, 0.717) is 12.0 Å². The second-order valence-corrected chi connectivity index (χ2v) is 6.10. The number of rotatable bonds is 1. The molecular weight excluding hydrogens is 284 g/mol. The summed E-state index contributed by atoms with van der Waals surface area (Å²) in [4.78, 5) is -0.223. The third kappa shape index (κ3) is 1.94. The number of hydrogen-bond acceptors (Lipinski definition) is 3. The lowest BCUT2D eigenvalue weighted by atomic mass is 10.1. The monoisotopic (exact) mass is 292 g/mol. The minimum absolute atomic E-state index is 0.0934. The molecule has 82 valence electrons. The van der Waals surface area contributed by atoms with E-state index < -0.39 is 16.2 Å². The molecule has 0 spiro atoms. The van der Waals surface area contributed by atoms with Crippen LogP contribution in [0.3, 0.4) is 0 Å². The topological polar surface area (TPSA) is 74.6 Å². The minimum Gasteiger partial charge on any atom is -0.387 e. The van der Waals surface area contributed by atoms with Crippen molar-refractivity contribution in [2.45, 2.75) is 22.2 Å². The van der Waals surface area contributed by atoms with Gasteiger partial charge in [0, 0.05) is 4.83 Å². The highest BCUT2D eigenvalue weighted by atomic mass is 79.9. The molecule has 2 rings (SSSR count). The third-order valence-electron chi connectivity index (χ3n) is 2.49. The maximum Gasteiger partial charge on any atom is 0.294 e. The molecule has 0 bridgehead atoms. The van der Waals surface area contributed by atoms with Crippen molar-refractivity contribution in [2.75, 3.05) is 0 Å². The molecule has 6 heteroatoms. The van der Waals surface area contributed by atoms with Gasteiger partial charge >= 0.3 is 0 Å². The van der Waals surface area contributed by atoms with Crippen LogP contribution in [0.15, 0.2) is 23.1 Å². The summed E-state index contributed by atoms with van der Waals surface area (Å²) in [5.74, 6) is 0. The predicted molar refractivity (Wildman–Crippen MR) is 57.6 cm³/mol. The lowest BCUT2D eigenvalue weighted by Crippen LogP contribution is -2.03. The van der Waals surface area contributed by atoms with Crippen LogP contribution >= 0.6 is 15.9 Å². The summed E-state index contributed by atoms with van der Waals surface area (Å²) >= 11 is 3.30. The summed E-state index contributed by atoms with van der Waals surface area (Å²) in [6, 6.07) is 4.22. The molecular formula is C9H9BrO4S. The average Bonchev–Trinajstić information content (AvgIpc) is 2.41. The smallest absolute Gasteiger partial charge is 0.294 e. The van der Waals surface area contributed by atoms with Gasteiger partial charge in [-0.1, -0.05) is 22.0 Å². The fourth-order valence-corrected chi connectivity index (χ4v) is 2.89. The van der Waals surface area contributed by atoms with E-state index in [-0.39, 0.29) is 9.72 Å². The Morgan fingerprint density at radius 1 is 1.40 bits per heavy atom. The van der Waals surface area contributed by atoms with E-state index in [2.05, 4.69) is 15.9 Å². The summed E-state index contributed by atoms with van der Waals surface area (Å²) in [6.07, 6.45) is -0.0599. The Balaban J connectivity index is 2.51. The van der Waals surface area contributed by atoms with Crippen LogP contribution in [-0.2, 0) is 16.5 Å². The van der Waals surface area contributed by atoms with Crippen molar-refractivity contribution in [3.05, 3.63) is 29.3 Å². The number of alkyl halides is 1. The number of aliphatic hydroxyl groups is 1. The van der Waals surface area contributed by atoms with Crippen LogP contribution in [0, 0.1) is 0 Å². The number of benzene rings is 1. The Bertz CT molecular complexity index is 497. The maximum atomic E-state index is 10.9. The van der Waals surface area contributed by atoms with Gasteiger partial charge in [-0.05, 0) is 29.7 Å². The van der Waals surface area contributed by atoms with Crippen molar-refractivity contribution in [1.82, 2.24) is 0 Å². The summed E-state index contributed by atoms with van der Waals surface area (Å²) in [5, 5.41) is 9.68. The fourth-order valence-electron chi connectivity index (χ4n) is 1.72. The first kappa shape index (κ1) is 11.1. The van der Waals surface area contributed by atoms with Crippen molar-refractivity contribution in [1.29, 1.82) is 0 Å². The van der Waals surface area contributed by atoms with Gasteiger partial charge in [-0.15, -0.1) is 0 Å². The van der Waals surface area contributed by atoms with Crippen LogP contribution in [0.5, 0.6) is 0 Å². The standard InChI is InChI=1S/C9H9BrO4S/c10-8-4-5-3-6(15(12,13)14)1-2-7(5)9(8)11/h1-3,8-9,11H,4H2,(H,12,13,14). The molecule has 0 fully saturated rings. The molecule has 2 atom stereocenters. The molecule has 1 aromatic rings. The summed E-state index contributed by atoms with van der Waals surface area (Å²) < 4.78 is 30.6. The van der Waals surface area contributed by atoms with Gasteiger partial charge in [-0.3, -0.25) is 4.55 Å². The summed E-state index contributed by atoms with van der Waals surface area (Å²) in [7, 11) is -4.16. The molecule has 1 aromatic carbocycles. The highest BCUT2D eigenvalue weighted by Crippen LogP contribution is 2.36. The van der Waals surface area contributed by atoms with E-state index in [9.17, 15) is 13.5 Å². The van der Waals surface area contributed by atoms with Gasteiger partial charge in [-0.2, -0.15) is 8.42 Å². The number of halogens is 1. The first-order valence-corrected chi connectivity index (χ1v) is 6.67. The molecule has 2 unspecified atom stereocenters. The molecule has 0 aromatic heterocycles. The zero-order chi connectivity index (χ0) is 11.2. The second-order valence-electron chi connectivity index (χ2n) is 3.50. The molecule has 0 amide bonds. The van der Waals surface area contributed by atoms with Crippen molar-refractivity contribution >= 4 is 26.0 Å². The van der Waals surface area contributed by atoms with E-state index in [4.69, 9.17) is 4.55 Å². The zero-order valence-electron chi connectivity index (χ0n) is 7.59. The summed E-state index contributed by atoms with van der Waals surface area (Å²) in [5.41, 5.74) is 1.46. The maximum absolute atomic E-state index is 10.9. The SMILES string of the molecule is O=S(=O)(O)c1ccc2c(c1)CC(Br)C2O. The molecule has 4 nitrogen and oxygen atoms in total. The Morgan fingerprint density at radius 3 is 2.67 bits per heavy atom. The molecule has 0 saturated carbocycles. The highest BCUT2D eigenvalue weighted by molar-refractivity contribution is 9.09. The molecule has 1 aliphatic carbocycles. The minimum atomic E-state index is -4.16. The van der Waals surface area contributed by atoms with Crippen LogP contribution < -0.4 is 0 Å². The molecule has 2 N–H and O–H groups in total. The molecule has 0 heterocycles. The first-order valence-electron chi connectivity index (χ1n) is 4.32. The van der Waals surface area contributed by atoms with Crippen molar-refractivity contribution in [3.8, 4) is 0 Å². The predicted octanol–water partition coefficient (Wildman–Crippen LogP) is 1.29. The van der Waals surface area contributed by atoms with Gasteiger partial charge in [0.15, 0.2) is 0 Å². The van der Waals surface area contributed by atoms with Crippen molar-refractivity contribution in [3.63, 3.8) is 0 Å². The lowest BCUT2D eigenvalue weighted by Gasteiger charge is -2.06. The number of aliphatic hydroxyl groups excluding tert-OH is 1. The quantitative estimate of drug-likeness (QED) is 0.604. The van der Waals surface area contributed by atoms with Gasteiger partial charge in [0.2, 0.25) is 0 Å². The van der Waals surface area contributed by atoms with Crippen LogP contribution in [0.25, 0.3) is 0 Å². The highest BCUT2D eigenvalue weighted by Gasteiger charge is 2.29. The van der Waals surface area contributed by atoms with E-state index in [1.807, 2.05) is 0 Å². The van der Waals surface area contributed by atoms with Gasteiger partial charge in [0.25, 0.3) is 10.1 Å². The van der Waals surface area contributed by atoms with Crippen LogP contribution in [0.2, 0.25) is 0 Å². The Morgan fingerprint density at radius 2 is 2.07 bits per heavy atom. The number of fused-ring (bicyclic) bond motifs is 1. The van der Waals surface area contributed by atoms with E-state index in [1.54, 1.807) is 0 Å². The van der Waals surface area contributed by atoms with E-state index >= 15 is 0 Å². The summed E-state index contributed by atoms with van der Waals surface area (Å²) in [6.45, 7) is 0. The molecule has 0 aliphatic heterocycles. The van der Waals surface area contributed by atoms with Crippen molar-refractivity contribution < 1.29 is 18.1 Å². The van der Waals surface area contributed by atoms with Crippen LogP contribution in [0.1, 0.15) is 17.2 Å². The Kier molecular flexibility index (Phi) is 2.62. The van der Waals surface area contributed by atoms with Gasteiger partial charge < -0.3 is 5.11 Å². The Labute approximate surface area is 95.8 Å². The van der Waals surface area contributed by atoms with E-state index in [1.165, 1.54) is 18.2 Å². The van der Waals surface area contributed by atoms with Crippen LogP contribution in [0.4, 0.5) is 0 Å². The Hall–Kier alpha value is -0.430. The zero-order valence-corrected chi connectivity index (χ0v) is 9.99. The molecule has 0 saturated heterocycles. The lowest BCUT2D eigenvalue weighted by molar-refractivity contribution is 0.187. The first-order chi connectivity index (χ1) is 6.89. The van der Waals surface area contributed by atoms with Crippen LogP contribution in [-0.4, -0.2) is 22.9 Å². The van der Waals surface area contributed by atoms with Gasteiger partial charge in [-0.25, -0.2) is 0 Å². The molecule has 15 heavy (non-hydrogen) atoms. The third-order valence-corrected chi connectivity index (χ3v) is 4.16. The fraction of sp³-hybridized carbons (Fsp3) is 0.333. The van der Waals surface area contributed by atoms with Gasteiger partial charge in [0.05, 0.1) is 11.0 Å². The van der Waals surface area contributed by atoms with Gasteiger partial charge in [0.1, 0.15) is 0 Å². The second kappa shape index (κ2) is 3.55. The van der Waals surface area contributed by atoms with E-state index in [0.717, 1.165) is 5.56 Å². The molecule has 1 aliphatic rings. The van der Waals surface area contributed by atoms with Crippen molar-refractivity contribution in [2.24, 2.45) is 0 Å². The number of hydrogen-bond donors (Lipinski definition) is 2. The molecule has 0 radical (unpaired) electrons. The normalized spacial score (nSPS) is 25.3. The largest absolute Gasteiger partial charge is 0.387 e.